The Hall–Kier alpha value is -5.60. The van der Waals surface area contributed by atoms with E-state index < -0.39 is 150 Å². The van der Waals surface area contributed by atoms with Crippen LogP contribution in [0.25, 0.3) is 0 Å². The third-order valence-corrected chi connectivity index (χ3v) is 11.3. The van der Waals surface area contributed by atoms with Gasteiger partial charge >= 0.3 is 17.9 Å². The Labute approximate surface area is 400 Å². The van der Waals surface area contributed by atoms with Gasteiger partial charge in [0.25, 0.3) is 0 Å². The number of thioether (sulfide) groups is 1. The number of carbonyl (C=O) groups excluding carboxylic acids is 8. The average Bonchev–Trinajstić information content (AvgIpc) is 3.26. The van der Waals surface area contributed by atoms with E-state index in [-0.39, 0.29) is 32.2 Å². The lowest BCUT2D eigenvalue weighted by Crippen LogP contribution is -2.62. The first-order chi connectivity index (χ1) is 31.7. The molecule has 0 unspecified atom stereocenters. The van der Waals surface area contributed by atoms with E-state index in [9.17, 15) is 68.1 Å². The van der Waals surface area contributed by atoms with Gasteiger partial charge < -0.3 is 74.4 Å². The summed E-state index contributed by atoms with van der Waals surface area (Å²) in [5.74, 6) is -11.7. The van der Waals surface area contributed by atoms with Crippen molar-refractivity contribution in [2.45, 2.75) is 167 Å². The summed E-state index contributed by atoms with van der Waals surface area (Å²) in [6, 6.07) is -12.4. The Balaban J connectivity index is 6.14. The van der Waals surface area contributed by atoms with Crippen LogP contribution in [0.1, 0.15) is 106 Å². The maximum absolute atomic E-state index is 13.8. The molecule has 16 N–H and O–H groups in total. The number of aliphatic carboxylic acids is 3. The van der Waals surface area contributed by atoms with Crippen LogP contribution in [0.4, 0.5) is 0 Å². The molecule has 0 aromatic heterocycles. The van der Waals surface area contributed by atoms with Gasteiger partial charge in [0.15, 0.2) is 0 Å². The molecule has 0 aliphatic rings. The van der Waals surface area contributed by atoms with Gasteiger partial charge in [0.1, 0.15) is 48.3 Å². The van der Waals surface area contributed by atoms with Crippen LogP contribution in [0.3, 0.4) is 0 Å². The third kappa shape index (κ3) is 23.4. The normalized spacial score (nSPS) is 16.0. The molecule has 11 atom stereocenters. The maximum Gasteiger partial charge on any atom is 0.326 e. The van der Waals surface area contributed by atoms with Gasteiger partial charge in [-0.2, -0.15) is 11.8 Å². The number of unbranched alkanes of at least 4 members (excludes halogenated alkanes) is 1. The molecule has 25 nitrogen and oxygen atoms in total. The molecule has 0 fully saturated rings. The molecule has 0 bridgehead atoms. The van der Waals surface area contributed by atoms with Crippen LogP contribution in [0.2, 0.25) is 0 Å². The van der Waals surface area contributed by atoms with Crippen LogP contribution in [0.15, 0.2) is 0 Å². The van der Waals surface area contributed by atoms with Crippen molar-refractivity contribution >= 4 is 76.9 Å². The molecular formula is C42H74N10O15S. The molecule has 0 spiro atoms. The SMILES string of the molecule is CC[C@H](C)[C@H](NC(=O)[C@H](CCC(=O)O)NC(=O)[C@@H](NC(=O)[C@H](C)NC(=O)[C@H](C)NC(=O)[C@@H](NC(=O)[C@@H](N)CCC(=O)O)C(C)C)[C@@H](C)O)C(=O)N[C@@H](CCCCN)C(=O)N[C@@H](CCSC)C(=O)O. The molecule has 0 aromatic carbocycles. The van der Waals surface area contributed by atoms with Crippen molar-refractivity contribution in [2.75, 3.05) is 18.6 Å². The number of amides is 8. The predicted molar refractivity (Wildman–Crippen MR) is 248 cm³/mol. The van der Waals surface area contributed by atoms with Gasteiger partial charge in [0.05, 0.1) is 12.1 Å². The lowest BCUT2D eigenvalue weighted by molar-refractivity contribution is -0.142. The zero-order chi connectivity index (χ0) is 52.4. The Morgan fingerprint density at radius 3 is 1.44 bits per heavy atom. The zero-order valence-electron chi connectivity index (χ0n) is 40.0. The lowest BCUT2D eigenvalue weighted by atomic mass is 9.96. The van der Waals surface area contributed by atoms with Gasteiger partial charge in [0, 0.05) is 12.8 Å². The minimum Gasteiger partial charge on any atom is -0.481 e. The molecule has 0 radical (unpaired) electrons. The first kappa shape index (κ1) is 62.4. The number of rotatable bonds is 34. The minimum atomic E-state index is -1.79. The highest BCUT2D eigenvalue weighted by molar-refractivity contribution is 7.98. The molecule has 0 aliphatic carbocycles. The van der Waals surface area contributed by atoms with E-state index in [1.807, 2.05) is 0 Å². The fraction of sp³-hybridized carbons (Fsp3) is 0.738. The highest BCUT2D eigenvalue weighted by Gasteiger charge is 2.36. The van der Waals surface area contributed by atoms with Gasteiger partial charge in [-0.05, 0) is 89.7 Å². The third-order valence-electron chi connectivity index (χ3n) is 10.7. The van der Waals surface area contributed by atoms with Crippen molar-refractivity contribution in [2.24, 2.45) is 23.3 Å². The number of carboxylic acid groups (broad SMARTS) is 3. The second-order valence-electron chi connectivity index (χ2n) is 16.8. The van der Waals surface area contributed by atoms with Crippen molar-refractivity contribution < 1.29 is 73.2 Å². The molecule has 8 amide bonds. The summed E-state index contributed by atoms with van der Waals surface area (Å²) in [7, 11) is 0. The smallest absolute Gasteiger partial charge is 0.326 e. The van der Waals surface area contributed by atoms with Crippen LogP contribution in [-0.4, -0.2) is 165 Å². The first-order valence-corrected chi connectivity index (χ1v) is 23.8. The summed E-state index contributed by atoms with van der Waals surface area (Å²) in [6.07, 6.45) is -0.267. The van der Waals surface area contributed by atoms with Gasteiger partial charge in [-0.1, -0.05) is 34.1 Å². The van der Waals surface area contributed by atoms with E-state index in [1.54, 1.807) is 34.0 Å². The Kier molecular flexibility index (Phi) is 29.6. The fourth-order valence-corrected chi connectivity index (χ4v) is 6.68. The molecule has 388 valence electrons. The molecule has 0 aliphatic heterocycles. The molecule has 0 aromatic rings. The van der Waals surface area contributed by atoms with Gasteiger partial charge in [-0.15, -0.1) is 0 Å². The van der Waals surface area contributed by atoms with E-state index in [1.165, 1.54) is 25.6 Å². The van der Waals surface area contributed by atoms with E-state index in [4.69, 9.17) is 16.6 Å². The Morgan fingerprint density at radius 2 is 0.956 bits per heavy atom. The number of nitrogens with two attached hydrogens (primary N) is 2. The molecule has 0 saturated heterocycles. The number of hydrogen-bond acceptors (Lipinski definition) is 15. The van der Waals surface area contributed by atoms with Crippen LogP contribution in [0, 0.1) is 11.8 Å². The maximum atomic E-state index is 13.8. The van der Waals surface area contributed by atoms with Crippen molar-refractivity contribution in [3.63, 3.8) is 0 Å². The molecule has 0 heterocycles. The van der Waals surface area contributed by atoms with E-state index in [0.717, 1.165) is 6.92 Å². The molecule has 26 heteroatoms. The number of aliphatic hydroxyl groups is 1. The number of aliphatic hydroxyl groups excluding tert-OH is 1. The van der Waals surface area contributed by atoms with E-state index in [2.05, 4.69) is 42.5 Å². The largest absolute Gasteiger partial charge is 0.481 e. The van der Waals surface area contributed by atoms with Gasteiger partial charge in [-0.25, -0.2) is 4.79 Å². The number of hydrogen-bond donors (Lipinski definition) is 14. The van der Waals surface area contributed by atoms with Crippen LogP contribution < -0.4 is 54.0 Å². The summed E-state index contributed by atoms with van der Waals surface area (Å²) in [5, 5.41) is 57.9. The van der Waals surface area contributed by atoms with Crippen LogP contribution in [-0.2, 0) is 52.7 Å². The Bertz CT molecular complexity index is 1740. The fourth-order valence-electron chi connectivity index (χ4n) is 6.20. The van der Waals surface area contributed by atoms with Crippen molar-refractivity contribution in [3.05, 3.63) is 0 Å². The lowest BCUT2D eigenvalue weighted by Gasteiger charge is -2.29. The summed E-state index contributed by atoms with van der Waals surface area (Å²) in [6.45, 7) is 10.4. The second-order valence-corrected chi connectivity index (χ2v) is 17.8. The predicted octanol–water partition coefficient (Wildman–Crippen LogP) is -2.99. The summed E-state index contributed by atoms with van der Waals surface area (Å²) < 4.78 is 0. The molecule has 68 heavy (non-hydrogen) atoms. The topological polar surface area (TPSA) is 417 Å². The monoisotopic (exact) mass is 991 g/mol. The average molecular weight is 991 g/mol. The van der Waals surface area contributed by atoms with Crippen LogP contribution in [0.5, 0.6) is 0 Å². The molecular weight excluding hydrogens is 917 g/mol. The number of nitrogens with one attached hydrogen (secondary N) is 8. The van der Waals surface area contributed by atoms with Crippen LogP contribution >= 0.6 is 11.8 Å². The highest BCUT2D eigenvalue weighted by atomic mass is 32.2. The molecule has 0 rings (SSSR count). The molecule has 0 saturated carbocycles. The van der Waals surface area contributed by atoms with Gasteiger partial charge in [0.2, 0.25) is 47.3 Å². The summed E-state index contributed by atoms with van der Waals surface area (Å²) in [4.78, 5) is 141. The van der Waals surface area contributed by atoms with E-state index in [0.29, 0.717) is 25.0 Å². The number of carboxylic acids is 3. The summed E-state index contributed by atoms with van der Waals surface area (Å²) in [5.41, 5.74) is 11.4. The number of carbonyl (C=O) groups is 11. The quantitative estimate of drug-likeness (QED) is 0.0286. The first-order valence-electron chi connectivity index (χ1n) is 22.4. The van der Waals surface area contributed by atoms with Crippen molar-refractivity contribution in [1.29, 1.82) is 0 Å². The zero-order valence-corrected chi connectivity index (χ0v) is 40.9. The van der Waals surface area contributed by atoms with Gasteiger partial charge in [-0.3, -0.25) is 47.9 Å². The standard InChI is InChI=1S/C42H74N10O15S/c1-9-21(4)32(40(64)47-26(12-10-11-18-43)37(61)49-28(42(66)67)17-19-68-8)51-38(62)27(14-16-30(56)57)48-41(65)33(24(7)53)52-35(59)23(6)45-34(58)22(5)46-39(63)31(20(2)3)50-36(60)25(44)13-15-29(54)55/h20-28,31-33,53H,9-19,43-44H2,1-8H3,(H,45,58)(H,46,63)(H,47,64)(H,48,65)(H,49,61)(H,50,60)(H,51,62)(H,52,59)(H,54,55)(H,56,57)(H,66,67)/t21-,22-,23-,24+,25-,26-,27-,28-,31-,32-,33-/m0/s1. The van der Waals surface area contributed by atoms with Crippen molar-refractivity contribution in [3.8, 4) is 0 Å². The van der Waals surface area contributed by atoms with Crippen molar-refractivity contribution in [1.82, 2.24) is 42.5 Å². The minimum absolute atomic E-state index is 0.0713. The highest BCUT2D eigenvalue weighted by Crippen LogP contribution is 2.13. The summed E-state index contributed by atoms with van der Waals surface area (Å²) >= 11 is 1.38. The van der Waals surface area contributed by atoms with E-state index >= 15 is 0 Å². The Morgan fingerprint density at radius 1 is 0.515 bits per heavy atom. The second kappa shape index (κ2) is 32.2.